The van der Waals surface area contributed by atoms with Crippen LogP contribution in [-0.2, 0) is 17.8 Å². The van der Waals surface area contributed by atoms with Crippen LogP contribution in [0.15, 0.2) is 54.6 Å². The molecule has 1 fully saturated rings. The number of aryl methyl sites for hydroxylation is 1. The Balaban J connectivity index is 1.57. The van der Waals surface area contributed by atoms with Gasteiger partial charge in [-0.1, -0.05) is 69.4 Å². The molecule has 1 aliphatic carbocycles. The van der Waals surface area contributed by atoms with Gasteiger partial charge in [-0.15, -0.1) is 0 Å². The minimum Gasteiger partial charge on any atom is -0.351 e. The van der Waals surface area contributed by atoms with Gasteiger partial charge in [0.1, 0.15) is 11.2 Å². The van der Waals surface area contributed by atoms with E-state index < -0.39 is 5.54 Å². The van der Waals surface area contributed by atoms with E-state index in [2.05, 4.69) is 24.4 Å². The van der Waals surface area contributed by atoms with E-state index in [1.54, 1.807) is 4.90 Å². The quantitative estimate of drug-likeness (QED) is 0.534. The van der Waals surface area contributed by atoms with Gasteiger partial charge in [0.15, 0.2) is 0 Å². The van der Waals surface area contributed by atoms with Gasteiger partial charge in [-0.25, -0.2) is 0 Å². The molecule has 5 rings (SSSR count). The Kier molecular flexibility index (Phi) is 6.20. The summed E-state index contributed by atoms with van der Waals surface area (Å²) in [6, 6.07) is 18.2. The van der Waals surface area contributed by atoms with Crippen molar-refractivity contribution < 1.29 is 9.59 Å². The molecule has 2 heterocycles. The van der Waals surface area contributed by atoms with Crippen LogP contribution in [-0.4, -0.2) is 28.0 Å². The Morgan fingerprint density at radius 1 is 1.00 bits per heavy atom. The highest BCUT2D eigenvalue weighted by Gasteiger charge is 2.49. The summed E-state index contributed by atoms with van der Waals surface area (Å²) >= 11 is 0. The molecule has 5 heteroatoms. The van der Waals surface area contributed by atoms with Crippen molar-refractivity contribution in [1.82, 2.24) is 9.88 Å². The van der Waals surface area contributed by atoms with Crippen LogP contribution in [0.1, 0.15) is 74.8 Å². The summed E-state index contributed by atoms with van der Waals surface area (Å²) in [5.41, 5.74) is 2.55. The van der Waals surface area contributed by atoms with Crippen molar-refractivity contribution in [3.63, 3.8) is 0 Å². The molecule has 0 unspecified atom stereocenters. The van der Waals surface area contributed by atoms with Gasteiger partial charge in [0.05, 0.1) is 6.54 Å². The van der Waals surface area contributed by atoms with E-state index in [0.717, 1.165) is 54.3 Å². The molecule has 2 aliphatic rings. The minimum atomic E-state index is -1.03. The fraction of sp³-hybridized carbons (Fsp3) is 0.448. The van der Waals surface area contributed by atoms with Crippen molar-refractivity contribution in [2.75, 3.05) is 4.90 Å². The molecule has 1 aromatic heterocycles. The maximum absolute atomic E-state index is 14.0. The van der Waals surface area contributed by atoms with E-state index in [9.17, 15) is 9.59 Å². The van der Waals surface area contributed by atoms with Crippen LogP contribution in [0.3, 0.4) is 0 Å². The number of hydrogen-bond acceptors (Lipinski definition) is 2. The number of anilines is 1. The smallest absolute Gasteiger partial charge is 0.275 e. The van der Waals surface area contributed by atoms with Crippen LogP contribution in [0.2, 0.25) is 0 Å². The predicted octanol–water partition coefficient (Wildman–Crippen LogP) is 5.85. The largest absolute Gasteiger partial charge is 0.351 e. The second-order valence-corrected chi connectivity index (χ2v) is 10.1. The molecule has 0 bridgehead atoms. The lowest BCUT2D eigenvalue weighted by Gasteiger charge is -2.44. The Bertz CT molecular complexity index is 1210. The second-order valence-electron chi connectivity index (χ2n) is 10.1. The van der Waals surface area contributed by atoms with E-state index in [1.165, 1.54) is 19.3 Å². The minimum absolute atomic E-state index is 0.0586. The Labute approximate surface area is 202 Å². The molecule has 178 valence electrons. The first-order valence-electron chi connectivity index (χ1n) is 12.8. The van der Waals surface area contributed by atoms with Crippen LogP contribution < -0.4 is 10.2 Å². The Morgan fingerprint density at radius 2 is 1.74 bits per heavy atom. The molecule has 0 spiro atoms. The number of benzene rings is 2. The number of nitrogens with one attached hydrogen (secondary N) is 1. The van der Waals surface area contributed by atoms with E-state index in [1.807, 2.05) is 54.0 Å². The lowest BCUT2D eigenvalue weighted by Crippen LogP contribution is -2.65. The third-order valence-corrected chi connectivity index (χ3v) is 7.70. The fourth-order valence-corrected chi connectivity index (χ4v) is 5.71. The number of nitrogens with zero attached hydrogens (tertiary/aromatic N) is 2. The monoisotopic (exact) mass is 457 g/mol. The topological polar surface area (TPSA) is 54.3 Å². The summed E-state index contributed by atoms with van der Waals surface area (Å²) in [6.07, 6.45) is 8.95. The summed E-state index contributed by atoms with van der Waals surface area (Å²) < 4.78 is 2.04. The number of amides is 2. The summed E-state index contributed by atoms with van der Waals surface area (Å²) in [7, 11) is 0. The molecule has 0 saturated heterocycles. The molecule has 3 aromatic rings. The zero-order valence-electron chi connectivity index (χ0n) is 20.3. The third kappa shape index (κ3) is 4.02. The summed E-state index contributed by atoms with van der Waals surface area (Å²) in [6.45, 7) is 4.46. The normalized spacial score (nSPS) is 21.7. The number of carbonyl (C=O) groups is 2. The molecular formula is C29H35N3O2. The van der Waals surface area contributed by atoms with Gasteiger partial charge in [-0.05, 0) is 56.0 Å². The van der Waals surface area contributed by atoms with Crippen molar-refractivity contribution >= 4 is 28.4 Å². The number of carbonyl (C=O) groups excluding carboxylic acids is 2. The van der Waals surface area contributed by atoms with Crippen LogP contribution in [0.25, 0.3) is 10.9 Å². The van der Waals surface area contributed by atoms with Gasteiger partial charge in [0, 0.05) is 22.6 Å². The number of fused-ring (bicyclic) bond motifs is 3. The number of aromatic nitrogens is 1. The maximum atomic E-state index is 14.0. The van der Waals surface area contributed by atoms with Gasteiger partial charge in [-0.2, -0.15) is 0 Å². The molecule has 1 N–H and O–H groups in total. The molecule has 1 saturated carbocycles. The molecular weight excluding hydrogens is 422 g/mol. The van der Waals surface area contributed by atoms with Gasteiger partial charge in [-0.3, -0.25) is 14.5 Å². The molecule has 1 aliphatic heterocycles. The van der Waals surface area contributed by atoms with Crippen molar-refractivity contribution in [3.05, 3.63) is 65.9 Å². The molecule has 0 radical (unpaired) electrons. The van der Waals surface area contributed by atoms with Crippen LogP contribution in [0.4, 0.5) is 5.69 Å². The number of rotatable bonds is 4. The highest BCUT2D eigenvalue weighted by Crippen LogP contribution is 2.36. The Hall–Kier alpha value is -3.08. The summed E-state index contributed by atoms with van der Waals surface area (Å²) in [4.78, 5) is 29.8. The van der Waals surface area contributed by atoms with Crippen molar-refractivity contribution in [2.24, 2.45) is 0 Å². The van der Waals surface area contributed by atoms with Gasteiger partial charge >= 0.3 is 0 Å². The standard InChI is InChI=1S/C29H35N3O2/c1-3-21-12-11-16-24(18-21)32-27(33)26-19-22-13-9-10-17-25(22)31(26)20-29(32,2)28(34)30-23-14-7-5-4-6-8-15-23/h9-13,16-19,23H,3-8,14-15,20H2,1-2H3,(H,30,34)/t29-/m1/s1. The Morgan fingerprint density at radius 3 is 2.50 bits per heavy atom. The van der Waals surface area contributed by atoms with E-state index >= 15 is 0 Å². The summed E-state index contributed by atoms with van der Waals surface area (Å²) in [5, 5.41) is 4.40. The SMILES string of the molecule is CCc1cccc(N2C(=O)c3cc4ccccc4n3C[C@]2(C)C(=O)NC2CCCCCCC2)c1. The van der Waals surface area contributed by atoms with Crippen molar-refractivity contribution in [3.8, 4) is 0 Å². The number of hydrogen-bond donors (Lipinski definition) is 1. The maximum Gasteiger partial charge on any atom is 0.275 e. The molecule has 5 nitrogen and oxygen atoms in total. The van der Waals surface area contributed by atoms with Gasteiger partial charge in [0.25, 0.3) is 5.91 Å². The molecule has 1 atom stereocenters. The molecule has 34 heavy (non-hydrogen) atoms. The lowest BCUT2D eigenvalue weighted by molar-refractivity contribution is -0.127. The average Bonchev–Trinajstić information content (AvgIpc) is 3.19. The highest BCUT2D eigenvalue weighted by atomic mass is 16.2. The zero-order chi connectivity index (χ0) is 23.7. The van der Waals surface area contributed by atoms with E-state index in [4.69, 9.17) is 0 Å². The predicted molar refractivity (Wildman–Crippen MR) is 137 cm³/mol. The average molecular weight is 458 g/mol. The number of para-hydroxylation sites is 1. The first-order valence-corrected chi connectivity index (χ1v) is 12.8. The van der Waals surface area contributed by atoms with E-state index in [-0.39, 0.29) is 17.9 Å². The summed E-state index contributed by atoms with van der Waals surface area (Å²) in [5.74, 6) is -0.178. The van der Waals surface area contributed by atoms with Gasteiger partial charge in [0.2, 0.25) is 5.91 Å². The van der Waals surface area contributed by atoms with Crippen LogP contribution in [0, 0.1) is 0 Å². The zero-order valence-corrected chi connectivity index (χ0v) is 20.3. The highest BCUT2D eigenvalue weighted by molar-refractivity contribution is 6.14. The van der Waals surface area contributed by atoms with Gasteiger partial charge < -0.3 is 9.88 Å². The van der Waals surface area contributed by atoms with E-state index in [0.29, 0.717) is 12.2 Å². The van der Waals surface area contributed by atoms with Crippen LogP contribution >= 0.6 is 0 Å². The lowest BCUT2D eigenvalue weighted by atomic mass is 9.91. The third-order valence-electron chi connectivity index (χ3n) is 7.70. The van der Waals surface area contributed by atoms with Crippen LogP contribution in [0.5, 0.6) is 0 Å². The first-order chi connectivity index (χ1) is 16.5. The molecule has 2 aromatic carbocycles. The van der Waals surface area contributed by atoms with Crippen molar-refractivity contribution in [2.45, 2.75) is 83.3 Å². The second kappa shape index (κ2) is 9.28. The van der Waals surface area contributed by atoms with Crippen molar-refractivity contribution in [1.29, 1.82) is 0 Å². The first kappa shape index (κ1) is 22.7. The fourth-order valence-electron chi connectivity index (χ4n) is 5.71. The molecule has 2 amide bonds.